The van der Waals surface area contributed by atoms with E-state index in [2.05, 4.69) is 0 Å². The van der Waals surface area contributed by atoms with E-state index in [-0.39, 0.29) is 18.5 Å². The highest BCUT2D eigenvalue weighted by Gasteiger charge is 2.32. The number of hydrogen-bond acceptors (Lipinski definition) is 5. The molecule has 6 nitrogen and oxygen atoms in total. The Labute approximate surface area is 136 Å². The first-order valence-corrected chi connectivity index (χ1v) is 7.85. The largest absolute Gasteiger partial charge is 0.491 e. The van der Waals surface area contributed by atoms with Gasteiger partial charge < -0.3 is 19.1 Å². The topological polar surface area (TPSA) is 65.1 Å². The number of hydrogen-bond donors (Lipinski definition) is 0. The van der Waals surface area contributed by atoms with Gasteiger partial charge >= 0.3 is 5.97 Å². The second kappa shape index (κ2) is 9.15. The Kier molecular flexibility index (Phi) is 6.87. The molecule has 1 heterocycles. The number of benzene rings is 1. The first-order valence-electron chi connectivity index (χ1n) is 7.85. The van der Waals surface area contributed by atoms with Gasteiger partial charge in [-0.1, -0.05) is 18.2 Å². The van der Waals surface area contributed by atoms with Crippen LogP contribution >= 0.6 is 0 Å². The minimum absolute atomic E-state index is 0.0500. The molecule has 1 fully saturated rings. The number of methoxy groups -OCH3 is 1. The molecular weight excluding hydrogens is 298 g/mol. The van der Waals surface area contributed by atoms with Crippen molar-refractivity contribution in [2.75, 3.05) is 33.5 Å². The molecular formula is C17H23NO5. The van der Waals surface area contributed by atoms with E-state index in [0.717, 1.165) is 18.6 Å². The average Bonchev–Trinajstić information content (AvgIpc) is 2.61. The Morgan fingerprint density at radius 3 is 2.70 bits per heavy atom. The zero-order valence-electron chi connectivity index (χ0n) is 13.4. The molecule has 23 heavy (non-hydrogen) atoms. The number of para-hydroxylation sites is 1. The van der Waals surface area contributed by atoms with Gasteiger partial charge in [0.25, 0.3) is 0 Å². The summed E-state index contributed by atoms with van der Waals surface area (Å²) in [5, 5.41) is 0. The van der Waals surface area contributed by atoms with Crippen LogP contribution in [0.3, 0.4) is 0 Å². The van der Waals surface area contributed by atoms with Gasteiger partial charge in [-0.15, -0.1) is 0 Å². The van der Waals surface area contributed by atoms with E-state index in [9.17, 15) is 9.59 Å². The maximum Gasteiger partial charge on any atom is 0.328 e. The van der Waals surface area contributed by atoms with Crippen molar-refractivity contribution in [2.45, 2.75) is 25.3 Å². The molecule has 2 rings (SSSR count). The number of nitrogens with zero attached hydrogens (tertiary/aromatic N) is 1. The van der Waals surface area contributed by atoms with E-state index in [0.29, 0.717) is 26.2 Å². The predicted molar refractivity (Wildman–Crippen MR) is 84.1 cm³/mol. The second-order valence-corrected chi connectivity index (χ2v) is 5.34. The summed E-state index contributed by atoms with van der Waals surface area (Å²) in [7, 11) is 1.34. The van der Waals surface area contributed by atoms with Crippen LogP contribution in [0.1, 0.15) is 19.3 Å². The predicted octanol–water partition coefficient (Wildman–Crippen LogP) is 1.64. The van der Waals surface area contributed by atoms with E-state index < -0.39 is 6.04 Å². The molecule has 0 aromatic heterocycles. The molecule has 1 saturated heterocycles. The molecule has 0 saturated carbocycles. The lowest BCUT2D eigenvalue weighted by molar-refractivity contribution is -0.156. The van der Waals surface area contributed by atoms with Gasteiger partial charge in [0.1, 0.15) is 25.0 Å². The zero-order valence-corrected chi connectivity index (χ0v) is 13.4. The number of likely N-dealkylation sites (tertiary alicyclic amines) is 1. The quantitative estimate of drug-likeness (QED) is 0.564. The second-order valence-electron chi connectivity index (χ2n) is 5.34. The Hall–Kier alpha value is -2.08. The van der Waals surface area contributed by atoms with Gasteiger partial charge in [-0.2, -0.15) is 0 Å². The van der Waals surface area contributed by atoms with Crippen LogP contribution < -0.4 is 4.74 Å². The molecule has 0 N–H and O–H groups in total. The number of esters is 1. The van der Waals surface area contributed by atoms with Gasteiger partial charge in [-0.25, -0.2) is 4.79 Å². The molecule has 1 amide bonds. The zero-order chi connectivity index (χ0) is 16.5. The highest BCUT2D eigenvalue weighted by atomic mass is 16.5. The number of rotatable bonds is 7. The van der Waals surface area contributed by atoms with Gasteiger partial charge in [0.15, 0.2) is 0 Å². The van der Waals surface area contributed by atoms with Crippen molar-refractivity contribution in [3.63, 3.8) is 0 Å². The lowest BCUT2D eigenvalue weighted by Crippen LogP contribution is -2.49. The summed E-state index contributed by atoms with van der Waals surface area (Å²) in [4.78, 5) is 25.5. The Morgan fingerprint density at radius 2 is 1.96 bits per heavy atom. The molecule has 1 atom stereocenters. The van der Waals surface area contributed by atoms with Crippen molar-refractivity contribution in [3.8, 4) is 5.75 Å². The van der Waals surface area contributed by atoms with Gasteiger partial charge in [-0.05, 0) is 31.4 Å². The summed E-state index contributed by atoms with van der Waals surface area (Å²) in [6, 6.07) is 8.94. The van der Waals surface area contributed by atoms with Crippen molar-refractivity contribution in [2.24, 2.45) is 0 Å². The van der Waals surface area contributed by atoms with E-state index in [1.807, 2.05) is 30.3 Å². The summed E-state index contributed by atoms with van der Waals surface area (Å²) in [6.07, 6.45) is 2.47. The molecule has 1 aromatic carbocycles. The third-order valence-electron chi connectivity index (χ3n) is 3.76. The van der Waals surface area contributed by atoms with E-state index >= 15 is 0 Å². The fraction of sp³-hybridized carbons (Fsp3) is 0.529. The highest BCUT2D eigenvalue weighted by Crippen LogP contribution is 2.18. The maximum atomic E-state index is 12.2. The molecule has 0 unspecified atom stereocenters. The molecule has 1 aliphatic rings. The van der Waals surface area contributed by atoms with Crippen LogP contribution in [-0.2, 0) is 19.1 Å². The average molecular weight is 321 g/mol. The molecule has 126 valence electrons. The third-order valence-corrected chi connectivity index (χ3v) is 3.76. The van der Waals surface area contributed by atoms with Crippen LogP contribution in [-0.4, -0.2) is 56.3 Å². The Balaban J connectivity index is 1.70. The fourth-order valence-electron chi connectivity index (χ4n) is 2.59. The van der Waals surface area contributed by atoms with Crippen LogP contribution in [0, 0.1) is 0 Å². The molecule has 1 aliphatic heterocycles. The standard InChI is InChI=1S/C17H23NO5/c1-21-17(20)15-9-5-6-10-18(15)16(19)13-22-11-12-23-14-7-3-2-4-8-14/h2-4,7-8,15H,5-6,9-13H2,1H3/t15-/m1/s1. The summed E-state index contributed by atoms with van der Waals surface area (Å²) >= 11 is 0. The number of carbonyl (C=O) groups excluding carboxylic acids is 2. The van der Waals surface area contributed by atoms with Crippen molar-refractivity contribution < 1.29 is 23.8 Å². The third kappa shape index (κ3) is 5.25. The van der Waals surface area contributed by atoms with Gasteiger partial charge in [0, 0.05) is 6.54 Å². The lowest BCUT2D eigenvalue weighted by atomic mass is 10.0. The molecule has 0 spiro atoms. The minimum atomic E-state index is -0.481. The molecule has 6 heteroatoms. The van der Waals surface area contributed by atoms with Crippen LogP contribution in [0.4, 0.5) is 0 Å². The molecule has 0 bridgehead atoms. The normalized spacial score (nSPS) is 17.6. The van der Waals surface area contributed by atoms with Gasteiger partial charge in [0.05, 0.1) is 13.7 Å². The monoisotopic (exact) mass is 321 g/mol. The van der Waals surface area contributed by atoms with Gasteiger partial charge in [0.2, 0.25) is 5.91 Å². The minimum Gasteiger partial charge on any atom is -0.491 e. The van der Waals surface area contributed by atoms with Crippen LogP contribution in [0.2, 0.25) is 0 Å². The number of ether oxygens (including phenoxy) is 3. The number of piperidine rings is 1. The Morgan fingerprint density at radius 1 is 1.17 bits per heavy atom. The smallest absolute Gasteiger partial charge is 0.328 e. The van der Waals surface area contributed by atoms with E-state index in [4.69, 9.17) is 14.2 Å². The summed E-state index contributed by atoms with van der Waals surface area (Å²) < 4.78 is 15.6. The Bertz CT molecular complexity index is 505. The molecule has 0 radical (unpaired) electrons. The van der Waals surface area contributed by atoms with Crippen LogP contribution in [0.15, 0.2) is 30.3 Å². The number of amides is 1. The van der Waals surface area contributed by atoms with Crippen molar-refractivity contribution in [1.82, 2.24) is 4.90 Å². The van der Waals surface area contributed by atoms with E-state index in [1.54, 1.807) is 4.90 Å². The van der Waals surface area contributed by atoms with Crippen LogP contribution in [0.25, 0.3) is 0 Å². The summed E-state index contributed by atoms with van der Waals surface area (Å²) in [5.74, 6) is 0.231. The van der Waals surface area contributed by atoms with Crippen molar-refractivity contribution >= 4 is 11.9 Å². The number of carbonyl (C=O) groups is 2. The van der Waals surface area contributed by atoms with Crippen molar-refractivity contribution in [1.29, 1.82) is 0 Å². The highest BCUT2D eigenvalue weighted by molar-refractivity contribution is 5.85. The summed E-state index contributed by atoms with van der Waals surface area (Å²) in [6.45, 7) is 1.21. The van der Waals surface area contributed by atoms with Crippen molar-refractivity contribution in [3.05, 3.63) is 30.3 Å². The van der Waals surface area contributed by atoms with Gasteiger partial charge in [-0.3, -0.25) is 4.79 Å². The lowest BCUT2D eigenvalue weighted by Gasteiger charge is -2.33. The SMILES string of the molecule is COC(=O)[C@H]1CCCCN1C(=O)COCCOc1ccccc1. The first kappa shape index (κ1) is 17.3. The maximum absolute atomic E-state index is 12.2. The fourth-order valence-corrected chi connectivity index (χ4v) is 2.59. The molecule has 0 aliphatic carbocycles. The summed E-state index contributed by atoms with van der Waals surface area (Å²) in [5.41, 5.74) is 0. The van der Waals surface area contributed by atoms with Crippen LogP contribution in [0.5, 0.6) is 5.75 Å². The first-order chi connectivity index (χ1) is 11.2. The van der Waals surface area contributed by atoms with E-state index in [1.165, 1.54) is 7.11 Å². The molecule has 1 aromatic rings.